The van der Waals surface area contributed by atoms with Gasteiger partial charge in [0.1, 0.15) is 0 Å². The lowest BCUT2D eigenvalue weighted by atomic mass is 10.0. The summed E-state index contributed by atoms with van der Waals surface area (Å²) in [6, 6.07) is 15.3. The lowest BCUT2D eigenvalue weighted by molar-refractivity contribution is -0.124. The molecule has 6 nitrogen and oxygen atoms in total. The monoisotopic (exact) mass is 489 g/mol. The molecule has 0 aliphatic carbocycles. The van der Waals surface area contributed by atoms with Crippen LogP contribution in [0.15, 0.2) is 48.5 Å². The summed E-state index contributed by atoms with van der Waals surface area (Å²) in [7, 11) is 0. The number of carbonyl (C=O) groups is 3. The van der Waals surface area contributed by atoms with Crippen LogP contribution >= 0.6 is 0 Å². The van der Waals surface area contributed by atoms with Crippen molar-refractivity contribution < 1.29 is 14.4 Å². The molecule has 3 rings (SSSR count). The van der Waals surface area contributed by atoms with Crippen molar-refractivity contribution in [1.29, 1.82) is 0 Å². The molecule has 6 heteroatoms. The van der Waals surface area contributed by atoms with Crippen LogP contribution in [0, 0.1) is 0 Å². The van der Waals surface area contributed by atoms with Crippen LogP contribution in [-0.4, -0.2) is 48.2 Å². The van der Waals surface area contributed by atoms with E-state index in [4.69, 9.17) is 0 Å². The molecule has 1 aliphatic rings. The van der Waals surface area contributed by atoms with Crippen LogP contribution in [0.1, 0.15) is 79.4 Å². The fraction of sp³-hybridized carbons (Fsp3) is 0.433. The van der Waals surface area contributed by atoms with Gasteiger partial charge in [-0.1, -0.05) is 80.8 Å². The van der Waals surface area contributed by atoms with E-state index >= 15 is 0 Å². The molecule has 36 heavy (non-hydrogen) atoms. The van der Waals surface area contributed by atoms with E-state index in [1.54, 1.807) is 6.07 Å². The van der Waals surface area contributed by atoms with E-state index in [0.717, 1.165) is 30.5 Å². The van der Waals surface area contributed by atoms with Crippen molar-refractivity contribution in [2.75, 3.05) is 19.6 Å². The van der Waals surface area contributed by atoms with Gasteiger partial charge in [0.15, 0.2) is 5.78 Å². The lowest BCUT2D eigenvalue weighted by Gasteiger charge is -2.26. The highest BCUT2D eigenvalue weighted by atomic mass is 16.2. The first-order valence-electron chi connectivity index (χ1n) is 13.1. The van der Waals surface area contributed by atoms with E-state index < -0.39 is 6.04 Å². The molecular weight excluding hydrogens is 450 g/mol. The van der Waals surface area contributed by atoms with Crippen molar-refractivity contribution in [2.24, 2.45) is 0 Å². The van der Waals surface area contributed by atoms with Gasteiger partial charge in [-0.15, -0.1) is 0 Å². The molecule has 2 aromatic carbocycles. The summed E-state index contributed by atoms with van der Waals surface area (Å²) in [6.07, 6.45) is 10.1. The Labute approximate surface area is 215 Å². The zero-order chi connectivity index (χ0) is 25.8. The number of benzene rings is 2. The molecule has 1 fully saturated rings. The summed E-state index contributed by atoms with van der Waals surface area (Å²) in [5.74, 6) is -0.743. The molecule has 2 aromatic rings. The topological polar surface area (TPSA) is 78.5 Å². The second kappa shape index (κ2) is 14.3. The number of nitrogens with one attached hydrogen (secondary N) is 2. The van der Waals surface area contributed by atoms with Gasteiger partial charge in [0.05, 0.1) is 12.6 Å². The summed E-state index contributed by atoms with van der Waals surface area (Å²) in [5.41, 5.74) is 3.69. The summed E-state index contributed by atoms with van der Waals surface area (Å²) in [5, 5.41) is 5.44. The fourth-order valence-electron chi connectivity index (χ4n) is 4.44. The maximum Gasteiger partial charge on any atom is 0.252 e. The number of carbonyl (C=O) groups excluding carboxylic acids is 3. The first-order chi connectivity index (χ1) is 17.5. The van der Waals surface area contributed by atoms with E-state index in [1.807, 2.05) is 37.3 Å². The first-order valence-corrected chi connectivity index (χ1v) is 13.1. The summed E-state index contributed by atoms with van der Waals surface area (Å²) in [6.45, 7) is 6.68. The van der Waals surface area contributed by atoms with Crippen LogP contribution in [0.25, 0.3) is 12.2 Å². The number of piperidine rings is 1. The normalized spacial score (nSPS) is 14.9. The zero-order valence-electron chi connectivity index (χ0n) is 21.6. The molecule has 1 unspecified atom stereocenters. The molecule has 1 aliphatic heterocycles. The third-order valence-corrected chi connectivity index (χ3v) is 6.55. The smallest absolute Gasteiger partial charge is 0.252 e. The van der Waals surface area contributed by atoms with E-state index in [0.29, 0.717) is 12.0 Å². The Morgan fingerprint density at radius 3 is 2.39 bits per heavy atom. The molecule has 0 radical (unpaired) electrons. The quantitative estimate of drug-likeness (QED) is 0.418. The van der Waals surface area contributed by atoms with E-state index in [2.05, 4.69) is 39.8 Å². The minimum absolute atomic E-state index is 0.0840. The van der Waals surface area contributed by atoms with Crippen molar-refractivity contribution in [1.82, 2.24) is 15.5 Å². The predicted molar refractivity (Wildman–Crippen MR) is 145 cm³/mol. The Morgan fingerprint density at radius 2 is 1.69 bits per heavy atom. The summed E-state index contributed by atoms with van der Waals surface area (Å²) >= 11 is 0. The van der Waals surface area contributed by atoms with Crippen LogP contribution in [0.5, 0.6) is 0 Å². The van der Waals surface area contributed by atoms with Gasteiger partial charge in [0, 0.05) is 19.0 Å². The molecule has 0 saturated carbocycles. The van der Waals surface area contributed by atoms with Gasteiger partial charge in [0.2, 0.25) is 5.91 Å². The highest BCUT2D eigenvalue weighted by Gasteiger charge is 2.22. The molecule has 1 saturated heterocycles. The van der Waals surface area contributed by atoms with Crippen LogP contribution in [0.2, 0.25) is 0 Å². The number of Topliss-reactive ketones (excluding diaryl/α,β-unsaturated/α-hetero) is 1. The first kappa shape index (κ1) is 27.3. The van der Waals surface area contributed by atoms with Gasteiger partial charge in [-0.2, -0.15) is 0 Å². The Hall–Kier alpha value is -3.25. The maximum absolute atomic E-state index is 13.1. The number of amides is 2. The molecular formula is C30H39N3O3. The average Bonchev–Trinajstić information content (AvgIpc) is 2.90. The largest absolute Gasteiger partial charge is 0.349 e. The third kappa shape index (κ3) is 8.76. The van der Waals surface area contributed by atoms with E-state index in [9.17, 15) is 14.4 Å². The molecule has 1 atom stereocenters. The van der Waals surface area contributed by atoms with Gasteiger partial charge in [-0.3, -0.25) is 19.3 Å². The third-order valence-electron chi connectivity index (χ3n) is 6.55. The number of rotatable bonds is 12. The van der Waals surface area contributed by atoms with Gasteiger partial charge < -0.3 is 10.6 Å². The molecule has 0 bridgehead atoms. The highest BCUT2D eigenvalue weighted by molar-refractivity contribution is 6.01. The van der Waals surface area contributed by atoms with Crippen LogP contribution in [-0.2, 0) is 16.1 Å². The Balaban J connectivity index is 1.66. The summed E-state index contributed by atoms with van der Waals surface area (Å²) in [4.78, 5) is 39.5. The molecule has 0 spiro atoms. The van der Waals surface area contributed by atoms with Crippen molar-refractivity contribution in [3.8, 4) is 0 Å². The number of hydrogen-bond acceptors (Lipinski definition) is 4. The summed E-state index contributed by atoms with van der Waals surface area (Å²) < 4.78 is 0. The van der Waals surface area contributed by atoms with Crippen molar-refractivity contribution in [3.05, 3.63) is 70.8 Å². The Kier molecular flexibility index (Phi) is 10.9. The second-order valence-corrected chi connectivity index (χ2v) is 9.54. The van der Waals surface area contributed by atoms with Gasteiger partial charge in [0.25, 0.3) is 5.91 Å². The van der Waals surface area contributed by atoms with E-state index in [-0.39, 0.29) is 24.1 Å². The number of hydrogen-bond donors (Lipinski definition) is 2. The standard InChI is InChI=1S/C30H39N3O3/c1-3-4-12-28(29(35)21-31-23(2)34)32-30(36)27-11-7-6-10-26(27)18-17-24-13-15-25(16-14-24)22-33-19-8-5-9-20-33/h6-7,10-11,13-18,28H,3-5,8-9,12,19-22H2,1-2H3,(H,31,34)(H,32,36). The van der Waals surface area contributed by atoms with Crippen molar-refractivity contribution in [3.63, 3.8) is 0 Å². The predicted octanol–water partition coefficient (Wildman–Crippen LogP) is 4.84. The molecule has 2 amide bonds. The van der Waals surface area contributed by atoms with Crippen molar-refractivity contribution in [2.45, 2.75) is 65.0 Å². The molecule has 1 heterocycles. The van der Waals surface area contributed by atoms with Gasteiger partial charge in [-0.25, -0.2) is 0 Å². The second-order valence-electron chi connectivity index (χ2n) is 9.54. The average molecular weight is 490 g/mol. The van der Waals surface area contributed by atoms with Crippen molar-refractivity contribution >= 4 is 29.7 Å². The SMILES string of the molecule is CCCCC(NC(=O)c1ccccc1C=Cc1ccc(CN2CCCCC2)cc1)C(=O)CNC(C)=O. The van der Waals surface area contributed by atoms with Gasteiger partial charge in [-0.05, 0) is 55.1 Å². The molecule has 0 aromatic heterocycles. The van der Waals surface area contributed by atoms with Crippen LogP contribution in [0.4, 0.5) is 0 Å². The fourth-order valence-corrected chi connectivity index (χ4v) is 4.44. The Morgan fingerprint density at radius 1 is 0.972 bits per heavy atom. The van der Waals surface area contributed by atoms with E-state index in [1.165, 1.54) is 44.8 Å². The zero-order valence-corrected chi connectivity index (χ0v) is 21.6. The number of nitrogens with zero attached hydrogens (tertiary/aromatic N) is 1. The van der Waals surface area contributed by atoms with Crippen LogP contribution in [0.3, 0.4) is 0 Å². The highest BCUT2D eigenvalue weighted by Crippen LogP contribution is 2.17. The number of unbranched alkanes of at least 4 members (excludes halogenated alkanes) is 1. The van der Waals surface area contributed by atoms with Crippen LogP contribution < -0.4 is 10.6 Å². The number of likely N-dealkylation sites (tertiary alicyclic amines) is 1. The minimum atomic E-state index is -0.631. The Bertz CT molecular complexity index is 1040. The van der Waals surface area contributed by atoms with Gasteiger partial charge >= 0.3 is 0 Å². The molecule has 192 valence electrons. The maximum atomic E-state index is 13.1. The molecule has 2 N–H and O–H groups in total. The number of ketones is 1. The minimum Gasteiger partial charge on any atom is -0.349 e. The lowest BCUT2D eigenvalue weighted by Crippen LogP contribution is -2.45.